The van der Waals surface area contributed by atoms with E-state index >= 15 is 0 Å². The van der Waals surface area contributed by atoms with Crippen molar-refractivity contribution in [3.05, 3.63) is 42.5 Å². The normalized spacial score (nSPS) is 12.7. The van der Waals surface area contributed by atoms with Gasteiger partial charge in [0.15, 0.2) is 0 Å². The van der Waals surface area contributed by atoms with Crippen LogP contribution in [0.5, 0.6) is 0 Å². The molecule has 0 saturated carbocycles. The molecule has 0 aliphatic rings. The standard InChI is InChI=1S/C17H26O4Si/c1-6-16(21-17(18)14(4)5)22(19-7-2,20-8-3)15-12-10-9-11-13-15/h9-13,16H,4,6-8H2,1-3,5H3. The SMILES string of the molecule is C=C(C)C(=O)OC(CC)[Si](OCC)(OCC)c1ccccc1. The molecule has 1 aromatic rings. The maximum Gasteiger partial charge on any atom is 0.414 e. The van der Waals surface area contributed by atoms with Crippen molar-refractivity contribution in [2.24, 2.45) is 0 Å². The summed E-state index contributed by atoms with van der Waals surface area (Å²) < 4.78 is 17.9. The Morgan fingerprint density at radius 2 is 1.68 bits per heavy atom. The smallest absolute Gasteiger partial charge is 0.414 e. The zero-order valence-electron chi connectivity index (χ0n) is 13.9. The predicted octanol–water partition coefficient (Wildman–Crippen LogP) is 2.85. The zero-order valence-corrected chi connectivity index (χ0v) is 14.9. The molecule has 1 aromatic carbocycles. The van der Waals surface area contributed by atoms with E-state index in [2.05, 4.69) is 6.58 Å². The molecule has 122 valence electrons. The van der Waals surface area contributed by atoms with Gasteiger partial charge in [-0.05, 0) is 32.4 Å². The van der Waals surface area contributed by atoms with Crippen LogP contribution in [0.25, 0.3) is 0 Å². The molecule has 0 aliphatic carbocycles. The van der Waals surface area contributed by atoms with E-state index in [1.54, 1.807) is 6.92 Å². The first-order valence-electron chi connectivity index (χ1n) is 7.71. The van der Waals surface area contributed by atoms with Crippen molar-refractivity contribution in [2.75, 3.05) is 13.2 Å². The molecule has 0 N–H and O–H groups in total. The van der Waals surface area contributed by atoms with E-state index in [-0.39, 0.29) is 0 Å². The molecule has 22 heavy (non-hydrogen) atoms. The van der Waals surface area contributed by atoms with Crippen molar-refractivity contribution in [1.82, 2.24) is 0 Å². The van der Waals surface area contributed by atoms with Gasteiger partial charge in [0, 0.05) is 18.8 Å². The van der Waals surface area contributed by atoms with Crippen molar-refractivity contribution in [3.8, 4) is 0 Å². The van der Waals surface area contributed by atoms with Crippen LogP contribution in [0.1, 0.15) is 34.1 Å². The molecule has 0 heterocycles. The third kappa shape index (κ3) is 4.29. The molecule has 1 unspecified atom stereocenters. The van der Waals surface area contributed by atoms with Crippen molar-refractivity contribution < 1.29 is 18.4 Å². The predicted molar refractivity (Wildman–Crippen MR) is 90.1 cm³/mol. The van der Waals surface area contributed by atoms with Crippen LogP contribution in [-0.4, -0.2) is 33.5 Å². The molecule has 1 rings (SSSR count). The van der Waals surface area contributed by atoms with E-state index in [0.717, 1.165) is 5.19 Å². The number of carbonyl (C=O) groups excluding carboxylic acids is 1. The minimum atomic E-state index is -2.89. The quantitative estimate of drug-likeness (QED) is 0.398. The molecule has 0 bridgehead atoms. The van der Waals surface area contributed by atoms with Crippen LogP contribution in [0.4, 0.5) is 0 Å². The van der Waals surface area contributed by atoms with Crippen LogP contribution in [0, 0.1) is 0 Å². The average molecular weight is 322 g/mol. The maximum absolute atomic E-state index is 12.0. The van der Waals surface area contributed by atoms with Gasteiger partial charge in [0.1, 0.15) is 5.73 Å². The molecular formula is C17H26O4Si. The second-order valence-corrected chi connectivity index (χ2v) is 8.12. The van der Waals surface area contributed by atoms with E-state index in [9.17, 15) is 4.79 Å². The van der Waals surface area contributed by atoms with Gasteiger partial charge in [-0.15, -0.1) is 0 Å². The van der Waals surface area contributed by atoms with E-state index in [1.807, 2.05) is 51.1 Å². The Labute approximate surface area is 134 Å². The highest BCUT2D eigenvalue weighted by Crippen LogP contribution is 2.20. The summed E-state index contributed by atoms with van der Waals surface area (Å²) in [6.07, 6.45) is 0.625. The first-order chi connectivity index (χ1) is 10.5. The first kappa shape index (κ1) is 18.6. The zero-order chi connectivity index (χ0) is 16.6. The minimum absolute atomic E-state index is 0.377. The molecular weight excluding hydrogens is 296 g/mol. The third-order valence-electron chi connectivity index (χ3n) is 3.29. The molecule has 0 saturated heterocycles. The Morgan fingerprint density at radius 3 is 2.09 bits per heavy atom. The van der Waals surface area contributed by atoms with E-state index < -0.39 is 20.3 Å². The summed E-state index contributed by atoms with van der Waals surface area (Å²) in [6.45, 7) is 12.1. The van der Waals surface area contributed by atoms with Crippen molar-refractivity contribution in [2.45, 2.75) is 39.8 Å². The maximum atomic E-state index is 12.0. The van der Waals surface area contributed by atoms with Gasteiger partial charge in [0.2, 0.25) is 0 Å². The third-order valence-corrected chi connectivity index (χ3v) is 7.23. The summed E-state index contributed by atoms with van der Waals surface area (Å²) in [4.78, 5) is 12.0. The van der Waals surface area contributed by atoms with Crippen LogP contribution < -0.4 is 5.19 Å². The van der Waals surface area contributed by atoms with Crippen molar-refractivity contribution in [3.63, 3.8) is 0 Å². The highest BCUT2D eigenvalue weighted by Gasteiger charge is 2.49. The molecule has 4 nitrogen and oxygen atoms in total. The summed E-state index contributed by atoms with van der Waals surface area (Å²) in [6, 6.07) is 9.80. The number of carbonyl (C=O) groups is 1. The molecule has 0 aromatic heterocycles. The molecule has 0 spiro atoms. The van der Waals surface area contributed by atoms with Gasteiger partial charge in [-0.1, -0.05) is 43.8 Å². The Morgan fingerprint density at radius 1 is 1.14 bits per heavy atom. The lowest BCUT2D eigenvalue weighted by Crippen LogP contribution is -2.64. The Balaban J connectivity index is 3.26. The van der Waals surface area contributed by atoms with Gasteiger partial charge < -0.3 is 13.6 Å². The van der Waals surface area contributed by atoms with Crippen LogP contribution in [0.15, 0.2) is 42.5 Å². The number of rotatable bonds is 9. The topological polar surface area (TPSA) is 44.8 Å². The summed E-state index contributed by atoms with van der Waals surface area (Å²) >= 11 is 0. The highest BCUT2D eigenvalue weighted by atomic mass is 28.4. The second kappa shape index (κ2) is 8.88. The first-order valence-corrected chi connectivity index (χ1v) is 9.61. The van der Waals surface area contributed by atoms with Gasteiger partial charge in [-0.25, -0.2) is 4.79 Å². The second-order valence-electron chi connectivity index (χ2n) is 4.98. The number of esters is 1. The molecule has 1 atom stereocenters. The Bertz CT molecular complexity index is 481. The monoisotopic (exact) mass is 322 g/mol. The van der Waals surface area contributed by atoms with Crippen molar-refractivity contribution >= 4 is 19.7 Å². The number of hydrogen-bond donors (Lipinski definition) is 0. The molecule has 0 fully saturated rings. The van der Waals surface area contributed by atoms with Gasteiger partial charge >= 0.3 is 14.5 Å². The summed E-state index contributed by atoms with van der Waals surface area (Å²) in [7, 11) is -2.89. The summed E-state index contributed by atoms with van der Waals surface area (Å²) in [5.74, 6) is -0.404. The largest absolute Gasteiger partial charge is 0.457 e. The lowest BCUT2D eigenvalue weighted by Gasteiger charge is -2.36. The Hall–Kier alpha value is -1.43. The number of hydrogen-bond acceptors (Lipinski definition) is 4. The van der Waals surface area contributed by atoms with Gasteiger partial charge in [-0.3, -0.25) is 0 Å². The summed E-state index contributed by atoms with van der Waals surface area (Å²) in [5.41, 5.74) is -0.0404. The molecule has 5 heteroatoms. The van der Waals surface area contributed by atoms with E-state index in [1.165, 1.54) is 0 Å². The fraction of sp³-hybridized carbons (Fsp3) is 0.471. The van der Waals surface area contributed by atoms with Crippen LogP contribution in [0.2, 0.25) is 0 Å². The van der Waals surface area contributed by atoms with Crippen LogP contribution in [0.3, 0.4) is 0 Å². The molecule has 0 amide bonds. The van der Waals surface area contributed by atoms with Gasteiger partial charge in [-0.2, -0.15) is 0 Å². The number of benzene rings is 1. The van der Waals surface area contributed by atoms with Crippen LogP contribution in [-0.2, 0) is 18.4 Å². The minimum Gasteiger partial charge on any atom is -0.457 e. The van der Waals surface area contributed by atoms with Gasteiger partial charge in [0.25, 0.3) is 0 Å². The highest BCUT2D eigenvalue weighted by molar-refractivity contribution is 6.82. The lowest BCUT2D eigenvalue weighted by atomic mass is 10.4. The van der Waals surface area contributed by atoms with Crippen LogP contribution >= 0.6 is 0 Å². The van der Waals surface area contributed by atoms with E-state index in [0.29, 0.717) is 25.2 Å². The van der Waals surface area contributed by atoms with E-state index in [4.69, 9.17) is 13.6 Å². The fourth-order valence-corrected chi connectivity index (χ4v) is 5.81. The number of ether oxygens (including phenoxy) is 1. The summed E-state index contributed by atoms with van der Waals surface area (Å²) in [5, 5.41) is 0.972. The molecule has 0 aliphatic heterocycles. The lowest BCUT2D eigenvalue weighted by molar-refractivity contribution is -0.142. The molecule has 0 radical (unpaired) electrons. The fourth-order valence-electron chi connectivity index (χ4n) is 2.34. The van der Waals surface area contributed by atoms with Gasteiger partial charge in [0.05, 0.1) is 0 Å². The van der Waals surface area contributed by atoms with Crippen molar-refractivity contribution in [1.29, 1.82) is 0 Å². The Kier molecular flexibility index (Phi) is 7.51. The average Bonchev–Trinajstić information content (AvgIpc) is 2.52.